The highest BCUT2D eigenvalue weighted by Crippen LogP contribution is 2.38. The minimum absolute atomic E-state index is 0.340. The first kappa shape index (κ1) is 13.6. The maximum Gasteiger partial charge on any atom is 0.00555 e. The molecule has 1 nitrogen and oxygen atoms in total. The quantitative estimate of drug-likeness (QED) is 0.758. The van der Waals surface area contributed by atoms with E-state index in [1.165, 1.54) is 32.5 Å². The number of benzene rings is 1. The molecule has 1 heterocycles. The van der Waals surface area contributed by atoms with Crippen molar-refractivity contribution >= 4 is 0 Å². The van der Waals surface area contributed by atoms with E-state index in [1.807, 2.05) is 0 Å². The van der Waals surface area contributed by atoms with Crippen molar-refractivity contribution in [2.45, 2.75) is 46.5 Å². The van der Waals surface area contributed by atoms with E-state index in [0.717, 1.165) is 0 Å². The van der Waals surface area contributed by atoms with Gasteiger partial charge in [-0.05, 0) is 35.9 Å². The molecule has 1 unspecified atom stereocenters. The molecule has 1 aromatic carbocycles. The summed E-state index contributed by atoms with van der Waals surface area (Å²) >= 11 is 0. The van der Waals surface area contributed by atoms with Gasteiger partial charge in [0, 0.05) is 19.0 Å². The van der Waals surface area contributed by atoms with Crippen LogP contribution in [-0.2, 0) is 6.42 Å². The first-order valence-electron chi connectivity index (χ1n) is 7.32. The molecule has 0 aliphatic carbocycles. The summed E-state index contributed by atoms with van der Waals surface area (Å²) in [6, 6.07) is 9.06. The van der Waals surface area contributed by atoms with Crippen LogP contribution in [0.3, 0.4) is 0 Å². The lowest BCUT2D eigenvalue weighted by molar-refractivity contribution is 0.207. The van der Waals surface area contributed by atoms with Crippen molar-refractivity contribution in [2.24, 2.45) is 5.41 Å². The summed E-state index contributed by atoms with van der Waals surface area (Å²) in [6.45, 7) is 13.1. The average Bonchev–Trinajstić information content (AvgIpc) is 2.49. The maximum absolute atomic E-state index is 2.65. The Hall–Kier alpha value is -0.820. The molecule has 18 heavy (non-hydrogen) atoms. The third-order valence-electron chi connectivity index (χ3n) is 4.15. The van der Waals surface area contributed by atoms with Gasteiger partial charge in [-0.2, -0.15) is 0 Å². The highest BCUT2D eigenvalue weighted by Gasteiger charge is 2.31. The van der Waals surface area contributed by atoms with Crippen molar-refractivity contribution in [3.8, 4) is 0 Å². The van der Waals surface area contributed by atoms with Crippen LogP contribution in [0.25, 0.3) is 0 Å². The lowest BCUT2D eigenvalue weighted by atomic mass is 9.75. The van der Waals surface area contributed by atoms with Crippen molar-refractivity contribution in [3.05, 3.63) is 35.4 Å². The van der Waals surface area contributed by atoms with Gasteiger partial charge >= 0.3 is 0 Å². The maximum atomic E-state index is 2.65. The molecule has 1 aliphatic rings. The Balaban J connectivity index is 2.33. The highest BCUT2D eigenvalue weighted by molar-refractivity contribution is 5.33. The molecule has 1 heteroatoms. The Kier molecular flexibility index (Phi) is 4.11. The molecular weight excluding hydrogens is 218 g/mol. The Bertz CT molecular complexity index is 389. The molecule has 0 spiro atoms. The van der Waals surface area contributed by atoms with E-state index in [1.54, 1.807) is 11.1 Å². The van der Waals surface area contributed by atoms with E-state index in [9.17, 15) is 0 Å². The van der Waals surface area contributed by atoms with Gasteiger partial charge in [-0.3, -0.25) is 0 Å². The van der Waals surface area contributed by atoms with Crippen LogP contribution in [-0.4, -0.2) is 24.5 Å². The summed E-state index contributed by atoms with van der Waals surface area (Å²) in [6.07, 6.45) is 2.47. The molecule has 0 amide bonds. The first-order valence-corrected chi connectivity index (χ1v) is 7.32. The molecule has 0 saturated heterocycles. The number of nitrogens with zero attached hydrogens (tertiary/aromatic N) is 1. The molecule has 0 radical (unpaired) electrons. The predicted octanol–water partition coefficient (Wildman–Crippen LogP) is 4.08. The Morgan fingerprint density at radius 1 is 1.22 bits per heavy atom. The van der Waals surface area contributed by atoms with Crippen LogP contribution in [0.4, 0.5) is 0 Å². The third-order valence-corrected chi connectivity index (χ3v) is 4.15. The summed E-state index contributed by atoms with van der Waals surface area (Å²) < 4.78 is 0. The standard InChI is InChI=1S/C17H27N/c1-5-11-18-12-10-14-8-6-7-9-15(14)16(13-18)17(2,3)4/h6-9,16H,5,10-13H2,1-4H3. The highest BCUT2D eigenvalue weighted by atomic mass is 15.1. The smallest absolute Gasteiger partial charge is 0.00555 e. The molecule has 0 N–H and O–H groups in total. The molecule has 2 rings (SSSR count). The van der Waals surface area contributed by atoms with Gasteiger partial charge < -0.3 is 4.90 Å². The summed E-state index contributed by atoms with van der Waals surface area (Å²) in [5, 5.41) is 0. The second kappa shape index (κ2) is 5.44. The SMILES string of the molecule is CCCN1CCc2ccccc2C(C(C)(C)C)C1. The van der Waals surface area contributed by atoms with Crippen LogP contribution in [0.5, 0.6) is 0 Å². The zero-order chi connectivity index (χ0) is 13.2. The fourth-order valence-electron chi connectivity index (χ4n) is 3.09. The fraction of sp³-hybridized carbons (Fsp3) is 0.647. The van der Waals surface area contributed by atoms with Crippen LogP contribution in [0.1, 0.15) is 51.2 Å². The van der Waals surface area contributed by atoms with Gasteiger partial charge in [-0.1, -0.05) is 52.0 Å². The van der Waals surface area contributed by atoms with Crippen LogP contribution in [0.2, 0.25) is 0 Å². The topological polar surface area (TPSA) is 3.24 Å². The Labute approximate surface area is 112 Å². The third kappa shape index (κ3) is 2.95. The summed E-state index contributed by atoms with van der Waals surface area (Å²) in [7, 11) is 0. The molecule has 1 aliphatic heterocycles. The largest absolute Gasteiger partial charge is 0.302 e. The summed E-state index contributed by atoms with van der Waals surface area (Å²) in [5.41, 5.74) is 3.49. The number of rotatable bonds is 2. The second-order valence-corrected chi connectivity index (χ2v) is 6.67. The first-order chi connectivity index (χ1) is 8.52. The lowest BCUT2D eigenvalue weighted by Gasteiger charge is -2.34. The van der Waals surface area contributed by atoms with Crippen molar-refractivity contribution in [2.75, 3.05) is 19.6 Å². The van der Waals surface area contributed by atoms with Crippen molar-refractivity contribution in [3.63, 3.8) is 0 Å². The van der Waals surface area contributed by atoms with Crippen molar-refractivity contribution in [1.82, 2.24) is 4.90 Å². The monoisotopic (exact) mass is 245 g/mol. The van der Waals surface area contributed by atoms with Gasteiger partial charge in [0.15, 0.2) is 0 Å². The Morgan fingerprint density at radius 3 is 2.61 bits per heavy atom. The van der Waals surface area contributed by atoms with E-state index in [2.05, 4.69) is 56.9 Å². The van der Waals surface area contributed by atoms with E-state index in [0.29, 0.717) is 11.3 Å². The van der Waals surface area contributed by atoms with Crippen LogP contribution >= 0.6 is 0 Å². The summed E-state index contributed by atoms with van der Waals surface area (Å²) in [5.74, 6) is 0.655. The van der Waals surface area contributed by atoms with Crippen LogP contribution in [0, 0.1) is 5.41 Å². The zero-order valence-electron chi connectivity index (χ0n) is 12.4. The molecule has 0 fully saturated rings. The number of fused-ring (bicyclic) bond motifs is 1. The normalized spacial score (nSPS) is 21.4. The second-order valence-electron chi connectivity index (χ2n) is 6.67. The molecule has 1 aromatic rings. The molecule has 1 atom stereocenters. The lowest BCUT2D eigenvalue weighted by Crippen LogP contribution is -2.33. The van der Waals surface area contributed by atoms with Crippen molar-refractivity contribution in [1.29, 1.82) is 0 Å². The van der Waals surface area contributed by atoms with Gasteiger partial charge in [-0.15, -0.1) is 0 Å². The predicted molar refractivity (Wildman–Crippen MR) is 79.1 cm³/mol. The van der Waals surface area contributed by atoms with E-state index >= 15 is 0 Å². The molecule has 0 aromatic heterocycles. The zero-order valence-corrected chi connectivity index (χ0v) is 12.4. The minimum Gasteiger partial charge on any atom is -0.302 e. The van der Waals surface area contributed by atoms with E-state index < -0.39 is 0 Å². The number of hydrogen-bond acceptors (Lipinski definition) is 1. The van der Waals surface area contributed by atoms with E-state index in [4.69, 9.17) is 0 Å². The van der Waals surface area contributed by atoms with Gasteiger partial charge in [0.25, 0.3) is 0 Å². The number of hydrogen-bond donors (Lipinski definition) is 0. The average molecular weight is 245 g/mol. The molecule has 0 saturated carbocycles. The fourth-order valence-corrected chi connectivity index (χ4v) is 3.09. The van der Waals surface area contributed by atoms with E-state index in [-0.39, 0.29) is 0 Å². The molecule has 100 valence electrons. The van der Waals surface area contributed by atoms with Crippen LogP contribution < -0.4 is 0 Å². The van der Waals surface area contributed by atoms with Gasteiger partial charge in [0.1, 0.15) is 0 Å². The Morgan fingerprint density at radius 2 is 1.94 bits per heavy atom. The minimum atomic E-state index is 0.340. The molecular formula is C17H27N. The van der Waals surface area contributed by atoms with Crippen LogP contribution in [0.15, 0.2) is 24.3 Å². The van der Waals surface area contributed by atoms with Gasteiger partial charge in [-0.25, -0.2) is 0 Å². The van der Waals surface area contributed by atoms with Gasteiger partial charge in [0.2, 0.25) is 0 Å². The van der Waals surface area contributed by atoms with Crippen molar-refractivity contribution < 1.29 is 0 Å². The molecule has 0 bridgehead atoms. The summed E-state index contributed by atoms with van der Waals surface area (Å²) in [4.78, 5) is 2.65. The van der Waals surface area contributed by atoms with Gasteiger partial charge in [0.05, 0.1) is 0 Å².